The van der Waals surface area contributed by atoms with Crippen LogP contribution in [0.4, 0.5) is 0 Å². The van der Waals surface area contributed by atoms with Gasteiger partial charge < -0.3 is 24.1 Å². The van der Waals surface area contributed by atoms with Crippen molar-refractivity contribution in [2.24, 2.45) is 15.9 Å². The Morgan fingerprint density at radius 2 is 2.17 bits per heavy atom. The Morgan fingerprint density at radius 3 is 2.88 bits per heavy atom. The number of carbonyl (C=O) groups is 2. The molecule has 0 aromatic heterocycles. The number of aliphatic hydroxyl groups is 1. The molecule has 1 aromatic rings. The second-order valence-electron chi connectivity index (χ2n) is 10.8. The molecular weight excluding hydrogens is 518 g/mol. The fraction of sp³-hybridized carbons (Fsp3) is 0.464. The number of guanidine groups is 1. The number of amides is 1. The van der Waals surface area contributed by atoms with Crippen LogP contribution < -0.4 is 24.4 Å². The summed E-state index contributed by atoms with van der Waals surface area (Å²) >= 11 is 0. The van der Waals surface area contributed by atoms with Crippen molar-refractivity contribution in [3.63, 3.8) is 0 Å². The molecule has 5 rings (SSSR count). The quantitative estimate of drug-likeness (QED) is 0.347. The summed E-state index contributed by atoms with van der Waals surface area (Å²) in [5.41, 5.74) is 1.47. The largest absolute Gasteiger partial charge is 0.496 e. The van der Waals surface area contributed by atoms with E-state index in [4.69, 9.17) is 24.4 Å². The zero-order valence-electron chi connectivity index (χ0n) is 23.2. The number of esters is 1. The van der Waals surface area contributed by atoms with E-state index in [-0.39, 0.29) is 30.0 Å². The van der Waals surface area contributed by atoms with Crippen molar-refractivity contribution in [3.8, 4) is 17.2 Å². The molecule has 1 amide bonds. The molecular formula is C28H34N5O7+. The fourth-order valence-corrected chi connectivity index (χ4v) is 5.23. The zero-order chi connectivity index (χ0) is 28.8. The number of benzene rings is 1. The summed E-state index contributed by atoms with van der Waals surface area (Å²) in [7, 11) is 1.57. The van der Waals surface area contributed by atoms with Gasteiger partial charge in [-0.15, -0.1) is 0 Å². The third-order valence-electron chi connectivity index (χ3n) is 7.22. The molecule has 3 unspecified atom stereocenters. The van der Waals surface area contributed by atoms with Crippen molar-refractivity contribution in [1.29, 1.82) is 5.41 Å². The average Bonchev–Trinajstić information content (AvgIpc) is 3.50. The van der Waals surface area contributed by atoms with Crippen molar-refractivity contribution in [1.82, 2.24) is 5.32 Å². The van der Waals surface area contributed by atoms with Crippen molar-refractivity contribution in [2.45, 2.75) is 52.2 Å². The Bertz CT molecular complexity index is 1400. The van der Waals surface area contributed by atoms with Crippen LogP contribution in [-0.2, 0) is 20.7 Å². The lowest BCUT2D eigenvalue weighted by atomic mass is 9.91. The molecule has 4 heterocycles. The summed E-state index contributed by atoms with van der Waals surface area (Å²) in [6.45, 7) is 8.42. The first-order chi connectivity index (χ1) is 19.0. The summed E-state index contributed by atoms with van der Waals surface area (Å²) < 4.78 is 23.1. The number of nitrogens with zero attached hydrogens (tertiary/aromatic N) is 2. The number of quaternary nitrogens is 1. The molecule has 12 heteroatoms. The number of rotatable bonds is 8. The van der Waals surface area contributed by atoms with E-state index >= 15 is 0 Å². The second kappa shape index (κ2) is 10.5. The van der Waals surface area contributed by atoms with Crippen molar-refractivity contribution in [3.05, 3.63) is 35.1 Å². The zero-order valence-corrected chi connectivity index (χ0v) is 23.2. The molecule has 0 bridgehead atoms. The maximum Gasteiger partial charge on any atom is 0.374 e. The van der Waals surface area contributed by atoms with Crippen molar-refractivity contribution >= 4 is 35.0 Å². The van der Waals surface area contributed by atoms with E-state index in [1.54, 1.807) is 40.0 Å². The summed E-state index contributed by atoms with van der Waals surface area (Å²) in [5.74, 6) is 1.03. The Morgan fingerprint density at radius 1 is 1.40 bits per heavy atom. The smallest absolute Gasteiger partial charge is 0.374 e. The predicted molar refractivity (Wildman–Crippen MR) is 146 cm³/mol. The monoisotopic (exact) mass is 552 g/mol. The molecule has 4 aliphatic heterocycles. The lowest BCUT2D eigenvalue weighted by molar-refractivity contribution is -0.802. The molecule has 12 nitrogen and oxygen atoms in total. The van der Waals surface area contributed by atoms with Crippen LogP contribution in [0.1, 0.15) is 45.2 Å². The van der Waals surface area contributed by atoms with Gasteiger partial charge in [-0.05, 0) is 38.8 Å². The molecule has 1 aromatic carbocycles. The highest BCUT2D eigenvalue weighted by atomic mass is 16.6. The van der Waals surface area contributed by atoms with Gasteiger partial charge in [0.05, 0.1) is 31.4 Å². The van der Waals surface area contributed by atoms with Gasteiger partial charge in [-0.25, -0.2) is 9.79 Å². The highest BCUT2D eigenvalue weighted by Gasteiger charge is 2.40. The van der Waals surface area contributed by atoms with Gasteiger partial charge in [0.1, 0.15) is 23.4 Å². The van der Waals surface area contributed by atoms with Crippen LogP contribution in [0.3, 0.4) is 0 Å². The van der Waals surface area contributed by atoms with Crippen LogP contribution >= 0.6 is 0 Å². The fourth-order valence-electron chi connectivity index (χ4n) is 5.23. The third kappa shape index (κ3) is 5.11. The number of amidine groups is 1. The van der Waals surface area contributed by atoms with Gasteiger partial charge in [0.25, 0.3) is 11.7 Å². The Balaban J connectivity index is 1.44. The van der Waals surface area contributed by atoms with E-state index in [9.17, 15) is 14.7 Å². The molecule has 0 radical (unpaired) electrons. The third-order valence-corrected chi connectivity index (χ3v) is 7.22. The van der Waals surface area contributed by atoms with Gasteiger partial charge >= 0.3 is 5.97 Å². The molecule has 212 valence electrons. The Labute approximate surface area is 231 Å². The van der Waals surface area contributed by atoms with Gasteiger partial charge in [0.15, 0.2) is 6.67 Å². The van der Waals surface area contributed by atoms with Gasteiger partial charge in [-0.1, -0.05) is 13.0 Å². The molecule has 0 fully saturated rings. The molecule has 3 atom stereocenters. The van der Waals surface area contributed by atoms with E-state index in [2.05, 4.69) is 22.2 Å². The first kappa shape index (κ1) is 27.5. The van der Waals surface area contributed by atoms with Crippen LogP contribution in [0, 0.1) is 11.3 Å². The maximum absolute atomic E-state index is 12.7. The predicted octanol–water partition coefficient (Wildman–Crippen LogP) is 0.779. The van der Waals surface area contributed by atoms with Gasteiger partial charge in [-0.2, -0.15) is 4.99 Å². The van der Waals surface area contributed by atoms with Crippen molar-refractivity contribution < 1.29 is 38.5 Å². The first-order valence-electron chi connectivity index (χ1n) is 13.3. The minimum absolute atomic E-state index is 0.0524. The molecule has 4 N–H and O–H groups in total. The molecule has 0 saturated carbocycles. The number of hydrogen-bond acceptors (Lipinski definition) is 9. The van der Waals surface area contributed by atoms with Crippen LogP contribution in [0.5, 0.6) is 17.2 Å². The minimum Gasteiger partial charge on any atom is -0.496 e. The number of aliphatic imine (C=N–C) groups is 2. The molecule has 0 spiro atoms. The summed E-state index contributed by atoms with van der Waals surface area (Å²) in [6, 6.07) is 1.73. The van der Waals surface area contributed by atoms with Crippen LogP contribution in [0.2, 0.25) is 0 Å². The summed E-state index contributed by atoms with van der Waals surface area (Å²) in [5, 5.41) is 20.7. The van der Waals surface area contributed by atoms with E-state index in [0.29, 0.717) is 54.7 Å². The van der Waals surface area contributed by atoms with E-state index in [0.717, 1.165) is 16.0 Å². The minimum atomic E-state index is -1.07. The number of nitrogens with one attached hydrogen (secondary N) is 3. The van der Waals surface area contributed by atoms with E-state index < -0.39 is 23.6 Å². The normalized spacial score (nSPS) is 23.1. The second-order valence-corrected chi connectivity index (χ2v) is 10.8. The topological polar surface area (TPSA) is 156 Å². The van der Waals surface area contributed by atoms with Crippen molar-refractivity contribution in [2.75, 3.05) is 26.9 Å². The highest BCUT2D eigenvalue weighted by molar-refractivity contribution is 6.68. The maximum atomic E-state index is 12.7. The van der Waals surface area contributed by atoms with Gasteiger partial charge in [0.2, 0.25) is 17.4 Å². The number of hydrogen-bond donors (Lipinski definition) is 4. The molecule has 0 aliphatic carbocycles. The number of fused-ring (bicyclic) bond motifs is 3. The number of methoxy groups -OCH3 is 1. The molecule has 40 heavy (non-hydrogen) atoms. The molecule has 4 aliphatic rings. The number of ether oxygens (including phenoxy) is 4. The standard InChI is InChI=1S/C28H33N5O7/c1-6-38-26(35)19-9-15(8-7-14(2)12-33-13-30-22-24(33)31-27(29)32-25(22)34)21-18(39-19)11-17-16(23(21)37-5)10-20(40-17)28(3,4)36/h8-9,11,14,20,36H,6-7,10,12-13H2,1-5H3,(H2,29,32,34)/p+1. The number of carbonyl (C=O) groups excluding carboxylic acids is 2. The van der Waals surface area contributed by atoms with E-state index in [1.807, 2.05) is 6.08 Å². The summed E-state index contributed by atoms with van der Waals surface area (Å²) in [4.78, 5) is 34.2. The van der Waals surface area contributed by atoms with E-state index in [1.165, 1.54) is 0 Å². The van der Waals surface area contributed by atoms with Crippen LogP contribution in [0.15, 0.2) is 34.0 Å². The summed E-state index contributed by atoms with van der Waals surface area (Å²) in [6.07, 6.45) is 4.30. The average molecular weight is 553 g/mol. The lowest BCUT2D eigenvalue weighted by Crippen LogP contribution is -3.14. The van der Waals surface area contributed by atoms with Gasteiger partial charge in [-0.3, -0.25) is 20.4 Å². The lowest BCUT2D eigenvalue weighted by Gasteiger charge is -2.24. The van der Waals surface area contributed by atoms with Crippen LogP contribution in [-0.4, -0.2) is 73.1 Å². The Hall–Kier alpha value is -4.03. The Kier molecular flexibility index (Phi) is 7.23. The molecule has 0 saturated heterocycles. The highest BCUT2D eigenvalue weighted by Crippen LogP contribution is 2.50. The SMILES string of the molecule is CCOC(=O)C1=CC(=CCC(C)C[NH+]2CN=C3C(=O)NC(=N)N=C32)c2c(cc3c(c2OC)CC(C(C)(C)O)O3)O1. The first-order valence-corrected chi connectivity index (χ1v) is 13.3. The van der Waals surface area contributed by atoms with Gasteiger partial charge in [0, 0.05) is 24.0 Å². The number of allylic oxidation sites excluding steroid dienone is 3. The van der Waals surface area contributed by atoms with Crippen LogP contribution in [0.25, 0.3) is 5.57 Å².